The number of aromatic nitrogens is 2. The first kappa shape index (κ1) is 18.7. The first-order valence-electron chi connectivity index (χ1n) is 8.68. The summed E-state index contributed by atoms with van der Waals surface area (Å²) in [6.07, 6.45) is 0.115. The molecule has 0 saturated carbocycles. The summed E-state index contributed by atoms with van der Waals surface area (Å²) in [7, 11) is 0. The zero-order chi connectivity index (χ0) is 18.5. The predicted molar refractivity (Wildman–Crippen MR) is 98.2 cm³/mol. The van der Waals surface area contributed by atoms with E-state index in [2.05, 4.69) is 10.2 Å². The van der Waals surface area contributed by atoms with E-state index in [9.17, 15) is 4.79 Å². The average molecular weight is 377 g/mol. The standard InChI is InChI=1S/C18H23N3O4S/c1-4-23-15-7-5-14(6-8-15)17-19-20-18(25-17)26-11-16(22)21-9-12(2)24-13(3)10-21/h5-8,12-13H,4,9-11H2,1-3H3/t12-,13-/m0/s1. The molecule has 8 heteroatoms. The molecule has 26 heavy (non-hydrogen) atoms. The molecular weight excluding hydrogens is 354 g/mol. The van der Waals surface area contributed by atoms with Crippen molar-refractivity contribution in [2.45, 2.75) is 38.2 Å². The lowest BCUT2D eigenvalue weighted by atomic mass is 10.2. The molecule has 0 unspecified atom stereocenters. The van der Waals surface area contributed by atoms with Gasteiger partial charge in [-0.25, -0.2) is 0 Å². The highest BCUT2D eigenvalue weighted by atomic mass is 32.2. The fourth-order valence-corrected chi connectivity index (χ4v) is 3.51. The molecule has 1 fully saturated rings. The second-order valence-corrected chi connectivity index (χ2v) is 7.10. The minimum atomic E-state index is 0.0535. The van der Waals surface area contributed by atoms with E-state index < -0.39 is 0 Å². The van der Waals surface area contributed by atoms with E-state index in [-0.39, 0.29) is 23.9 Å². The van der Waals surface area contributed by atoms with Gasteiger partial charge in [0.05, 0.1) is 24.6 Å². The van der Waals surface area contributed by atoms with E-state index in [4.69, 9.17) is 13.9 Å². The molecule has 3 rings (SSSR count). The van der Waals surface area contributed by atoms with Crippen LogP contribution in [0.2, 0.25) is 0 Å². The summed E-state index contributed by atoms with van der Waals surface area (Å²) in [6, 6.07) is 7.46. The zero-order valence-corrected chi connectivity index (χ0v) is 16.0. The molecule has 2 atom stereocenters. The highest BCUT2D eigenvalue weighted by Gasteiger charge is 2.26. The largest absolute Gasteiger partial charge is 0.494 e. The van der Waals surface area contributed by atoms with Crippen LogP contribution in [0.15, 0.2) is 33.9 Å². The summed E-state index contributed by atoms with van der Waals surface area (Å²) >= 11 is 1.25. The number of nitrogens with zero attached hydrogens (tertiary/aromatic N) is 3. The van der Waals surface area contributed by atoms with Crippen LogP contribution >= 0.6 is 11.8 Å². The maximum atomic E-state index is 12.4. The zero-order valence-electron chi connectivity index (χ0n) is 15.2. The van der Waals surface area contributed by atoms with Crippen molar-refractivity contribution >= 4 is 17.7 Å². The minimum absolute atomic E-state index is 0.0535. The number of carbonyl (C=O) groups is 1. The topological polar surface area (TPSA) is 77.7 Å². The number of hydrogen-bond acceptors (Lipinski definition) is 7. The number of hydrogen-bond donors (Lipinski definition) is 0. The third-order valence-corrected chi connectivity index (χ3v) is 4.71. The Balaban J connectivity index is 1.55. The van der Waals surface area contributed by atoms with Crippen LogP contribution < -0.4 is 4.74 Å². The number of morpholine rings is 1. The van der Waals surface area contributed by atoms with Gasteiger partial charge in [0.2, 0.25) is 11.8 Å². The maximum Gasteiger partial charge on any atom is 0.277 e. The normalized spacial score (nSPS) is 20.2. The van der Waals surface area contributed by atoms with Crippen LogP contribution in [-0.2, 0) is 9.53 Å². The van der Waals surface area contributed by atoms with Gasteiger partial charge in [-0.2, -0.15) is 0 Å². The Morgan fingerprint density at radius 1 is 1.23 bits per heavy atom. The molecule has 1 aliphatic rings. The number of amides is 1. The Labute approximate surface area is 157 Å². The molecule has 1 aliphatic heterocycles. The molecule has 0 radical (unpaired) electrons. The van der Waals surface area contributed by atoms with Gasteiger partial charge in [0, 0.05) is 18.7 Å². The molecule has 1 aromatic heterocycles. The second kappa shape index (κ2) is 8.55. The molecule has 0 aliphatic carbocycles. The number of rotatable bonds is 6. The molecule has 2 aromatic rings. The molecule has 140 valence electrons. The van der Waals surface area contributed by atoms with Crippen LogP contribution in [0.3, 0.4) is 0 Å². The summed E-state index contributed by atoms with van der Waals surface area (Å²) in [4.78, 5) is 14.2. The Kier molecular flexibility index (Phi) is 6.16. The minimum Gasteiger partial charge on any atom is -0.494 e. The number of thioether (sulfide) groups is 1. The van der Waals surface area contributed by atoms with Crippen molar-refractivity contribution in [3.63, 3.8) is 0 Å². The second-order valence-electron chi connectivity index (χ2n) is 6.18. The Morgan fingerprint density at radius 2 is 1.92 bits per heavy atom. The van der Waals surface area contributed by atoms with Crippen molar-refractivity contribution in [2.75, 3.05) is 25.4 Å². The molecular formula is C18H23N3O4S. The highest BCUT2D eigenvalue weighted by Crippen LogP contribution is 2.25. The molecule has 0 N–H and O–H groups in total. The first-order valence-corrected chi connectivity index (χ1v) is 9.66. The van der Waals surface area contributed by atoms with E-state index in [1.54, 1.807) is 0 Å². The van der Waals surface area contributed by atoms with E-state index in [0.717, 1.165) is 11.3 Å². The van der Waals surface area contributed by atoms with Crippen molar-refractivity contribution in [3.8, 4) is 17.2 Å². The van der Waals surface area contributed by atoms with Crippen LogP contribution in [0.4, 0.5) is 0 Å². The van der Waals surface area contributed by atoms with Gasteiger partial charge in [-0.05, 0) is 45.0 Å². The lowest BCUT2D eigenvalue weighted by Crippen LogP contribution is -2.48. The van der Waals surface area contributed by atoms with Gasteiger partial charge >= 0.3 is 0 Å². The molecule has 2 heterocycles. The maximum absolute atomic E-state index is 12.4. The van der Waals surface area contributed by atoms with Crippen molar-refractivity contribution in [1.82, 2.24) is 15.1 Å². The van der Waals surface area contributed by atoms with Crippen molar-refractivity contribution < 1.29 is 18.7 Å². The summed E-state index contributed by atoms with van der Waals surface area (Å²) < 4.78 is 16.7. The third kappa shape index (κ3) is 4.76. The smallest absolute Gasteiger partial charge is 0.277 e. The van der Waals surface area contributed by atoms with Crippen molar-refractivity contribution in [3.05, 3.63) is 24.3 Å². The van der Waals surface area contributed by atoms with Crippen molar-refractivity contribution in [2.24, 2.45) is 0 Å². The van der Waals surface area contributed by atoms with Gasteiger partial charge in [-0.1, -0.05) is 11.8 Å². The fraction of sp³-hybridized carbons (Fsp3) is 0.500. The third-order valence-electron chi connectivity index (χ3n) is 3.91. The van der Waals surface area contributed by atoms with E-state index in [1.165, 1.54) is 11.8 Å². The van der Waals surface area contributed by atoms with Crippen LogP contribution in [0.5, 0.6) is 5.75 Å². The highest BCUT2D eigenvalue weighted by molar-refractivity contribution is 7.99. The monoisotopic (exact) mass is 377 g/mol. The van der Waals surface area contributed by atoms with Gasteiger partial charge in [0.15, 0.2) is 0 Å². The van der Waals surface area contributed by atoms with E-state index in [1.807, 2.05) is 49.9 Å². The Bertz CT molecular complexity index is 724. The Hall–Kier alpha value is -2.06. The van der Waals surface area contributed by atoms with Crippen LogP contribution in [0.25, 0.3) is 11.5 Å². The Morgan fingerprint density at radius 3 is 2.58 bits per heavy atom. The lowest BCUT2D eigenvalue weighted by molar-refractivity contribution is -0.140. The van der Waals surface area contributed by atoms with Gasteiger partial charge in [0.25, 0.3) is 5.22 Å². The van der Waals surface area contributed by atoms with E-state index in [0.29, 0.717) is 30.8 Å². The van der Waals surface area contributed by atoms with Crippen LogP contribution in [-0.4, -0.2) is 58.7 Å². The summed E-state index contributed by atoms with van der Waals surface area (Å²) in [5, 5.41) is 8.46. The van der Waals surface area contributed by atoms with Gasteiger partial charge in [0.1, 0.15) is 5.75 Å². The van der Waals surface area contributed by atoms with Gasteiger partial charge in [-0.3, -0.25) is 4.79 Å². The molecule has 7 nitrogen and oxygen atoms in total. The predicted octanol–water partition coefficient (Wildman–Crippen LogP) is 2.86. The quantitative estimate of drug-likeness (QED) is 0.716. The summed E-state index contributed by atoms with van der Waals surface area (Å²) in [5.41, 5.74) is 0.815. The van der Waals surface area contributed by atoms with Crippen LogP contribution in [0.1, 0.15) is 20.8 Å². The SMILES string of the molecule is CCOc1ccc(-c2nnc(SCC(=O)N3C[C@H](C)O[C@@H](C)C3)o2)cc1. The lowest BCUT2D eigenvalue weighted by Gasteiger charge is -2.35. The summed E-state index contributed by atoms with van der Waals surface area (Å²) in [5.74, 6) is 1.55. The number of benzene rings is 1. The molecule has 1 saturated heterocycles. The van der Waals surface area contributed by atoms with E-state index >= 15 is 0 Å². The van der Waals surface area contributed by atoms with Gasteiger partial charge < -0.3 is 18.8 Å². The fourth-order valence-electron chi connectivity index (χ4n) is 2.84. The van der Waals surface area contributed by atoms with Gasteiger partial charge in [-0.15, -0.1) is 10.2 Å². The molecule has 1 amide bonds. The molecule has 0 spiro atoms. The molecule has 1 aromatic carbocycles. The summed E-state index contributed by atoms with van der Waals surface area (Å²) in [6.45, 7) is 7.74. The van der Waals surface area contributed by atoms with Crippen molar-refractivity contribution in [1.29, 1.82) is 0 Å². The number of ether oxygens (including phenoxy) is 2. The average Bonchev–Trinajstić information content (AvgIpc) is 3.09. The van der Waals surface area contributed by atoms with Crippen LogP contribution in [0, 0.1) is 0 Å². The first-order chi connectivity index (χ1) is 12.5. The molecule has 0 bridgehead atoms. The number of carbonyl (C=O) groups excluding carboxylic acids is 1.